The largest absolute Gasteiger partial charge is 0.380 e. The number of nitrogens with zero attached hydrogens (tertiary/aromatic N) is 3. The van der Waals surface area contributed by atoms with Crippen LogP contribution in [0.2, 0.25) is 0 Å². The zero-order chi connectivity index (χ0) is 11.8. The molecular weight excluding hydrogens is 216 g/mol. The van der Waals surface area contributed by atoms with Crippen LogP contribution in [0.15, 0.2) is 35.1 Å². The van der Waals surface area contributed by atoms with Gasteiger partial charge in [-0.1, -0.05) is 17.3 Å². The van der Waals surface area contributed by atoms with Gasteiger partial charge in [0.05, 0.1) is 11.0 Å². The van der Waals surface area contributed by atoms with Crippen LogP contribution in [0.1, 0.15) is 6.92 Å². The lowest BCUT2D eigenvalue weighted by Crippen LogP contribution is -1.98. The number of para-hydroxylation sites is 2. The van der Waals surface area contributed by atoms with Gasteiger partial charge in [0.2, 0.25) is 0 Å². The number of benzene rings is 1. The van der Waals surface area contributed by atoms with Gasteiger partial charge in [0, 0.05) is 6.54 Å². The molecule has 0 bridgehead atoms. The van der Waals surface area contributed by atoms with Crippen molar-refractivity contribution in [1.82, 2.24) is 14.7 Å². The third-order valence-electron chi connectivity index (χ3n) is 2.81. The lowest BCUT2D eigenvalue weighted by atomic mass is 10.3. The van der Waals surface area contributed by atoms with E-state index in [1.807, 2.05) is 24.3 Å². The van der Waals surface area contributed by atoms with Gasteiger partial charge in [-0.2, -0.15) is 0 Å². The fourth-order valence-electron chi connectivity index (χ4n) is 2.01. The van der Waals surface area contributed by atoms with Crippen molar-refractivity contribution in [2.75, 3.05) is 5.73 Å². The summed E-state index contributed by atoms with van der Waals surface area (Å²) in [5.74, 6) is 1.17. The first-order valence-corrected chi connectivity index (χ1v) is 5.46. The zero-order valence-electron chi connectivity index (χ0n) is 9.42. The van der Waals surface area contributed by atoms with Crippen molar-refractivity contribution in [3.63, 3.8) is 0 Å². The molecule has 86 valence electrons. The highest BCUT2D eigenvalue weighted by Gasteiger charge is 2.15. The van der Waals surface area contributed by atoms with E-state index in [4.69, 9.17) is 10.3 Å². The summed E-state index contributed by atoms with van der Waals surface area (Å²) in [4.78, 5) is 4.57. The minimum absolute atomic E-state index is 0.370. The summed E-state index contributed by atoms with van der Waals surface area (Å²) in [6, 6.07) is 7.99. The average molecular weight is 228 g/mol. The first-order valence-electron chi connectivity index (χ1n) is 5.46. The molecule has 17 heavy (non-hydrogen) atoms. The molecule has 1 aromatic carbocycles. The number of imidazole rings is 1. The van der Waals surface area contributed by atoms with Gasteiger partial charge in [0.1, 0.15) is 17.7 Å². The Balaban J connectivity index is 2.33. The summed E-state index contributed by atoms with van der Waals surface area (Å²) in [7, 11) is 0. The molecule has 2 N–H and O–H groups in total. The highest BCUT2D eigenvalue weighted by molar-refractivity contribution is 5.82. The third-order valence-corrected chi connectivity index (χ3v) is 2.81. The monoisotopic (exact) mass is 228 g/mol. The summed E-state index contributed by atoms with van der Waals surface area (Å²) in [5, 5.41) is 3.69. The van der Waals surface area contributed by atoms with Crippen LogP contribution in [0.25, 0.3) is 22.4 Å². The van der Waals surface area contributed by atoms with E-state index >= 15 is 0 Å². The van der Waals surface area contributed by atoms with Crippen molar-refractivity contribution in [1.29, 1.82) is 0 Å². The molecule has 0 aliphatic heterocycles. The van der Waals surface area contributed by atoms with Gasteiger partial charge in [-0.05, 0) is 19.1 Å². The van der Waals surface area contributed by atoms with Crippen LogP contribution >= 0.6 is 0 Å². The quantitative estimate of drug-likeness (QED) is 0.730. The molecule has 3 rings (SSSR count). The number of nitrogens with two attached hydrogens (primary N) is 1. The molecule has 0 fully saturated rings. The Labute approximate surface area is 97.8 Å². The number of rotatable bonds is 2. The number of fused-ring (bicyclic) bond motifs is 1. The number of aryl methyl sites for hydroxylation is 1. The smallest absolute Gasteiger partial charge is 0.177 e. The van der Waals surface area contributed by atoms with E-state index in [-0.39, 0.29) is 0 Å². The summed E-state index contributed by atoms with van der Waals surface area (Å²) < 4.78 is 6.96. The molecule has 3 aromatic rings. The van der Waals surface area contributed by atoms with Crippen LogP contribution < -0.4 is 5.73 Å². The Morgan fingerprint density at radius 1 is 1.35 bits per heavy atom. The summed E-state index contributed by atoms with van der Waals surface area (Å²) >= 11 is 0. The number of aromatic nitrogens is 3. The van der Waals surface area contributed by atoms with E-state index in [2.05, 4.69) is 21.6 Å². The van der Waals surface area contributed by atoms with Gasteiger partial charge >= 0.3 is 0 Å². The van der Waals surface area contributed by atoms with Crippen LogP contribution in [0, 0.1) is 0 Å². The molecule has 0 amide bonds. The van der Waals surface area contributed by atoms with Crippen LogP contribution in [0.4, 0.5) is 5.82 Å². The van der Waals surface area contributed by atoms with Gasteiger partial charge < -0.3 is 14.8 Å². The molecule has 0 spiro atoms. The van der Waals surface area contributed by atoms with Crippen LogP contribution in [-0.4, -0.2) is 14.7 Å². The fraction of sp³-hybridized carbons (Fsp3) is 0.167. The highest BCUT2D eigenvalue weighted by Crippen LogP contribution is 2.27. The molecule has 2 aromatic heterocycles. The van der Waals surface area contributed by atoms with E-state index in [1.54, 1.807) is 0 Å². The maximum atomic E-state index is 5.76. The predicted molar refractivity (Wildman–Crippen MR) is 65.3 cm³/mol. The molecule has 5 nitrogen and oxygen atoms in total. The van der Waals surface area contributed by atoms with Gasteiger partial charge in [0.15, 0.2) is 5.82 Å². The first-order chi connectivity index (χ1) is 8.31. The number of nitrogen functional groups attached to an aromatic ring is 1. The minimum Gasteiger partial charge on any atom is -0.380 e. The van der Waals surface area contributed by atoms with Crippen molar-refractivity contribution >= 4 is 16.9 Å². The Bertz CT molecular complexity index is 668. The minimum atomic E-state index is 0.370. The van der Waals surface area contributed by atoms with E-state index in [9.17, 15) is 0 Å². The third kappa shape index (κ3) is 1.39. The fourth-order valence-corrected chi connectivity index (χ4v) is 2.01. The molecule has 0 atom stereocenters. The van der Waals surface area contributed by atoms with Crippen molar-refractivity contribution < 1.29 is 4.52 Å². The predicted octanol–water partition coefficient (Wildman–Crippen LogP) is 2.29. The second-order valence-corrected chi connectivity index (χ2v) is 3.78. The molecule has 0 saturated carbocycles. The summed E-state index contributed by atoms with van der Waals surface area (Å²) in [6.07, 6.45) is 1.53. The van der Waals surface area contributed by atoms with E-state index in [0.717, 1.165) is 29.0 Å². The van der Waals surface area contributed by atoms with Crippen LogP contribution in [-0.2, 0) is 6.54 Å². The summed E-state index contributed by atoms with van der Waals surface area (Å²) in [5.41, 5.74) is 8.54. The second-order valence-electron chi connectivity index (χ2n) is 3.78. The maximum Gasteiger partial charge on any atom is 0.177 e. The highest BCUT2D eigenvalue weighted by atomic mass is 16.5. The molecule has 0 saturated heterocycles. The zero-order valence-corrected chi connectivity index (χ0v) is 9.42. The average Bonchev–Trinajstić information content (AvgIpc) is 2.91. The van der Waals surface area contributed by atoms with Crippen LogP contribution in [0.3, 0.4) is 0 Å². The molecule has 5 heteroatoms. The molecule has 0 radical (unpaired) electrons. The van der Waals surface area contributed by atoms with Crippen molar-refractivity contribution in [2.45, 2.75) is 13.5 Å². The standard InChI is InChI=1S/C12H12N4O/c1-2-16-10-6-4-3-5-9(10)14-12(16)8-7-17-15-11(8)13/h3-7H,2H2,1H3,(H2,13,15). The Hall–Kier alpha value is -2.30. The van der Waals surface area contributed by atoms with E-state index in [1.165, 1.54) is 6.26 Å². The van der Waals surface area contributed by atoms with Gasteiger partial charge in [-0.3, -0.25) is 0 Å². The van der Waals surface area contributed by atoms with E-state index in [0.29, 0.717) is 5.82 Å². The number of hydrogen-bond acceptors (Lipinski definition) is 4. The van der Waals surface area contributed by atoms with Gasteiger partial charge in [0.25, 0.3) is 0 Å². The normalized spacial score (nSPS) is 11.1. The number of hydrogen-bond donors (Lipinski definition) is 1. The van der Waals surface area contributed by atoms with Gasteiger partial charge in [-0.15, -0.1) is 0 Å². The molecular formula is C12H12N4O. The summed E-state index contributed by atoms with van der Waals surface area (Å²) in [6.45, 7) is 2.89. The second kappa shape index (κ2) is 3.62. The van der Waals surface area contributed by atoms with E-state index < -0.39 is 0 Å². The molecule has 0 aliphatic carbocycles. The van der Waals surface area contributed by atoms with Crippen molar-refractivity contribution in [3.05, 3.63) is 30.5 Å². The van der Waals surface area contributed by atoms with Crippen LogP contribution in [0.5, 0.6) is 0 Å². The Morgan fingerprint density at radius 2 is 2.18 bits per heavy atom. The molecule has 0 aliphatic rings. The Kier molecular flexibility index (Phi) is 2.11. The van der Waals surface area contributed by atoms with Gasteiger partial charge in [-0.25, -0.2) is 4.98 Å². The first kappa shape index (κ1) is 9.89. The SMILES string of the molecule is CCn1c(-c2conc2N)nc2ccccc21. The molecule has 0 unspecified atom stereocenters. The van der Waals surface area contributed by atoms with Crippen molar-refractivity contribution in [3.8, 4) is 11.4 Å². The van der Waals surface area contributed by atoms with Crippen molar-refractivity contribution in [2.24, 2.45) is 0 Å². The topological polar surface area (TPSA) is 69.9 Å². The Morgan fingerprint density at radius 3 is 2.88 bits per heavy atom. The lowest BCUT2D eigenvalue weighted by molar-refractivity contribution is 0.423. The lowest BCUT2D eigenvalue weighted by Gasteiger charge is -2.03. The maximum absolute atomic E-state index is 5.76. The molecule has 2 heterocycles. The number of anilines is 1.